The van der Waals surface area contributed by atoms with Crippen molar-refractivity contribution in [1.29, 1.82) is 0 Å². The molecular weight excluding hydrogens is 436 g/mol. The summed E-state index contributed by atoms with van der Waals surface area (Å²) in [6.45, 7) is 0.852. The van der Waals surface area contributed by atoms with Crippen LogP contribution in [0.5, 0.6) is 5.75 Å². The van der Waals surface area contributed by atoms with E-state index < -0.39 is 0 Å². The Balaban J connectivity index is 1.54. The van der Waals surface area contributed by atoms with Gasteiger partial charge in [0.1, 0.15) is 18.2 Å². The Kier molecular flexibility index (Phi) is 6.48. The highest BCUT2D eigenvalue weighted by molar-refractivity contribution is 7.98. The van der Waals surface area contributed by atoms with E-state index in [1.165, 1.54) is 11.8 Å². The van der Waals surface area contributed by atoms with Crippen LogP contribution in [0.2, 0.25) is 5.02 Å². The van der Waals surface area contributed by atoms with Crippen LogP contribution in [0.4, 0.5) is 11.9 Å². The van der Waals surface area contributed by atoms with Gasteiger partial charge < -0.3 is 16.2 Å². The lowest BCUT2D eigenvalue weighted by molar-refractivity contribution is 0.289. The number of anilines is 2. The summed E-state index contributed by atoms with van der Waals surface area (Å²) in [7, 11) is 0. The van der Waals surface area contributed by atoms with E-state index in [4.69, 9.17) is 27.8 Å². The van der Waals surface area contributed by atoms with Crippen molar-refractivity contribution < 1.29 is 4.74 Å². The first kappa shape index (κ1) is 20.9. The molecule has 0 saturated carbocycles. The van der Waals surface area contributed by atoms with E-state index in [1.54, 1.807) is 12.1 Å². The minimum Gasteiger partial charge on any atom is -0.486 e. The van der Waals surface area contributed by atoms with Crippen molar-refractivity contribution in [2.45, 2.75) is 24.1 Å². The predicted molar refractivity (Wildman–Crippen MR) is 120 cm³/mol. The number of halogens is 1. The molecule has 31 heavy (non-hydrogen) atoms. The Morgan fingerprint density at radius 3 is 2.32 bits per heavy atom. The molecule has 11 heteroatoms. The van der Waals surface area contributed by atoms with E-state index in [9.17, 15) is 0 Å². The van der Waals surface area contributed by atoms with Crippen LogP contribution in [0.25, 0.3) is 0 Å². The molecule has 4 N–H and O–H groups in total. The van der Waals surface area contributed by atoms with Crippen molar-refractivity contribution in [3.05, 3.63) is 76.8 Å². The summed E-state index contributed by atoms with van der Waals surface area (Å²) in [5.41, 5.74) is 12.4. The molecule has 158 valence electrons. The molecule has 4 aromatic rings. The van der Waals surface area contributed by atoms with E-state index in [0.717, 1.165) is 5.56 Å². The summed E-state index contributed by atoms with van der Waals surface area (Å²) in [6.07, 6.45) is 0. The fourth-order valence-electron chi connectivity index (χ4n) is 2.79. The predicted octanol–water partition coefficient (Wildman–Crippen LogP) is 3.20. The second kappa shape index (κ2) is 9.63. The molecule has 2 heterocycles. The molecule has 2 aromatic carbocycles. The first-order chi connectivity index (χ1) is 15.1. The number of nitrogen functional groups attached to an aromatic ring is 2. The van der Waals surface area contributed by atoms with Crippen LogP contribution in [-0.4, -0.2) is 29.7 Å². The van der Waals surface area contributed by atoms with Crippen molar-refractivity contribution in [2.24, 2.45) is 0 Å². The molecule has 0 aliphatic heterocycles. The van der Waals surface area contributed by atoms with E-state index in [0.29, 0.717) is 39.9 Å². The van der Waals surface area contributed by atoms with Crippen molar-refractivity contribution in [2.75, 3.05) is 11.5 Å². The fourth-order valence-corrected chi connectivity index (χ4v) is 3.72. The maximum atomic E-state index is 5.94. The Bertz CT molecular complexity index is 1130. The lowest BCUT2D eigenvalue weighted by Crippen LogP contribution is -2.10. The standard InChI is InChI=1S/C20H19ClN8OS/c21-14-6-8-15(9-7-14)30-11-17-27-28-20(29(17)10-13-4-2-1-3-5-13)31-12-16-24-18(22)26-19(23)25-16/h1-9H,10-12H2,(H4,22,23,24,25,26). The maximum Gasteiger partial charge on any atom is 0.225 e. The van der Waals surface area contributed by atoms with Gasteiger partial charge in [-0.1, -0.05) is 53.7 Å². The molecule has 0 aliphatic carbocycles. The minimum absolute atomic E-state index is 0.0888. The lowest BCUT2D eigenvalue weighted by Gasteiger charge is -2.11. The topological polar surface area (TPSA) is 131 Å². The zero-order valence-electron chi connectivity index (χ0n) is 16.3. The number of rotatable bonds is 8. The average Bonchev–Trinajstić information content (AvgIpc) is 3.13. The highest BCUT2D eigenvalue weighted by Gasteiger charge is 2.15. The molecule has 0 fully saturated rings. The monoisotopic (exact) mass is 454 g/mol. The summed E-state index contributed by atoms with van der Waals surface area (Å²) in [5.74, 6) is 2.46. The van der Waals surface area contributed by atoms with Gasteiger partial charge in [0, 0.05) is 5.02 Å². The second-order valence-corrected chi connectivity index (χ2v) is 7.85. The van der Waals surface area contributed by atoms with E-state index in [2.05, 4.69) is 25.1 Å². The third kappa shape index (κ3) is 5.62. The minimum atomic E-state index is 0.0888. The number of hydrogen-bond donors (Lipinski definition) is 2. The van der Waals surface area contributed by atoms with Crippen molar-refractivity contribution in [3.8, 4) is 5.75 Å². The molecule has 2 aromatic heterocycles. The van der Waals surface area contributed by atoms with Crippen LogP contribution in [0.3, 0.4) is 0 Å². The van der Waals surface area contributed by atoms with Gasteiger partial charge in [-0.2, -0.15) is 15.0 Å². The second-order valence-electron chi connectivity index (χ2n) is 6.47. The first-order valence-electron chi connectivity index (χ1n) is 9.30. The number of aromatic nitrogens is 6. The van der Waals surface area contributed by atoms with Crippen molar-refractivity contribution >= 4 is 35.3 Å². The van der Waals surface area contributed by atoms with Crippen molar-refractivity contribution in [3.63, 3.8) is 0 Å². The summed E-state index contributed by atoms with van der Waals surface area (Å²) < 4.78 is 7.88. The van der Waals surface area contributed by atoms with Gasteiger partial charge in [0.05, 0.1) is 12.3 Å². The summed E-state index contributed by atoms with van der Waals surface area (Å²) in [6, 6.07) is 17.2. The quantitative estimate of drug-likeness (QED) is 0.385. The molecule has 4 rings (SSSR count). The van der Waals surface area contributed by atoms with Gasteiger partial charge in [-0.05, 0) is 29.8 Å². The maximum absolute atomic E-state index is 5.94. The zero-order valence-corrected chi connectivity index (χ0v) is 17.9. The van der Waals surface area contributed by atoms with Crippen LogP contribution >= 0.6 is 23.4 Å². The van der Waals surface area contributed by atoms with Crippen LogP contribution in [-0.2, 0) is 18.9 Å². The fraction of sp³-hybridized carbons (Fsp3) is 0.150. The number of nitrogens with two attached hydrogens (primary N) is 2. The van der Waals surface area contributed by atoms with Crippen molar-refractivity contribution in [1.82, 2.24) is 29.7 Å². The third-order valence-electron chi connectivity index (χ3n) is 4.21. The van der Waals surface area contributed by atoms with Gasteiger partial charge in [0.25, 0.3) is 0 Å². The number of benzene rings is 2. The van der Waals surface area contributed by atoms with E-state index in [1.807, 2.05) is 47.0 Å². The zero-order chi connectivity index (χ0) is 21.6. The molecule has 0 aliphatic rings. The van der Waals surface area contributed by atoms with Gasteiger partial charge in [-0.25, -0.2) is 0 Å². The number of hydrogen-bond acceptors (Lipinski definition) is 9. The smallest absolute Gasteiger partial charge is 0.225 e. The van der Waals surface area contributed by atoms with E-state index >= 15 is 0 Å². The Labute approximate surface area is 187 Å². The van der Waals surface area contributed by atoms with Gasteiger partial charge in [0.2, 0.25) is 11.9 Å². The normalized spacial score (nSPS) is 10.9. The molecule has 0 atom stereocenters. The highest BCUT2D eigenvalue weighted by atomic mass is 35.5. The molecular formula is C20H19ClN8OS. The molecule has 0 unspecified atom stereocenters. The number of thioether (sulfide) groups is 1. The average molecular weight is 455 g/mol. The SMILES string of the molecule is Nc1nc(N)nc(CSc2nnc(COc3ccc(Cl)cc3)n2Cc2ccccc2)n1. The highest BCUT2D eigenvalue weighted by Crippen LogP contribution is 2.23. The van der Waals surface area contributed by atoms with Gasteiger partial charge in [-0.3, -0.25) is 4.57 Å². The van der Waals surface area contributed by atoms with Crippen LogP contribution in [0.15, 0.2) is 59.8 Å². The Morgan fingerprint density at radius 2 is 1.61 bits per heavy atom. The summed E-state index contributed by atoms with van der Waals surface area (Å²) >= 11 is 7.37. The molecule has 0 radical (unpaired) electrons. The molecule has 0 bridgehead atoms. The third-order valence-corrected chi connectivity index (χ3v) is 5.42. The van der Waals surface area contributed by atoms with Crippen LogP contribution in [0.1, 0.15) is 17.2 Å². The lowest BCUT2D eigenvalue weighted by atomic mass is 10.2. The first-order valence-corrected chi connectivity index (χ1v) is 10.7. The van der Waals surface area contributed by atoms with Crippen LogP contribution in [0, 0.1) is 0 Å². The van der Waals surface area contributed by atoms with Gasteiger partial charge in [0.15, 0.2) is 11.0 Å². The molecule has 9 nitrogen and oxygen atoms in total. The summed E-state index contributed by atoms with van der Waals surface area (Å²) in [4.78, 5) is 12.0. The number of nitrogens with zero attached hydrogens (tertiary/aromatic N) is 6. The number of ether oxygens (including phenoxy) is 1. The van der Waals surface area contributed by atoms with Gasteiger partial charge >= 0.3 is 0 Å². The Hall–Kier alpha value is -3.37. The largest absolute Gasteiger partial charge is 0.486 e. The molecule has 0 amide bonds. The van der Waals surface area contributed by atoms with Gasteiger partial charge in [-0.15, -0.1) is 10.2 Å². The van der Waals surface area contributed by atoms with Crippen LogP contribution < -0.4 is 16.2 Å². The summed E-state index contributed by atoms with van der Waals surface area (Å²) in [5, 5.41) is 10.0. The molecule has 0 saturated heterocycles. The van der Waals surface area contributed by atoms with E-state index in [-0.39, 0.29) is 18.5 Å². The molecule has 0 spiro atoms. The Morgan fingerprint density at radius 1 is 0.903 bits per heavy atom.